The highest BCUT2D eigenvalue weighted by Gasteiger charge is 2.18. The maximum Gasteiger partial charge on any atom is 0.332 e. The summed E-state index contributed by atoms with van der Waals surface area (Å²) in [6.07, 6.45) is 0. The standard InChI is InChI=1S/C21H14ClF2N3O3S/c22-14-4-2-1-3-12(14)10-27-20(29)19-17(7-8-31-19)26(21(27)30)11-18(28)25-16-9-13(23)5-6-15(16)24/h1-9H,10-11H2,(H,25,28). The highest BCUT2D eigenvalue weighted by Crippen LogP contribution is 2.19. The molecule has 0 fully saturated rings. The van der Waals surface area contributed by atoms with E-state index in [1.165, 1.54) is 0 Å². The molecule has 2 aromatic heterocycles. The van der Waals surface area contributed by atoms with E-state index in [1.807, 2.05) is 0 Å². The fourth-order valence-electron chi connectivity index (χ4n) is 3.15. The number of rotatable bonds is 5. The number of carbonyl (C=O) groups is 1. The van der Waals surface area contributed by atoms with E-state index < -0.39 is 35.3 Å². The maximum atomic E-state index is 13.8. The Bertz CT molecular complexity index is 1430. The number of fused-ring (bicyclic) bond motifs is 1. The zero-order valence-corrected chi connectivity index (χ0v) is 17.3. The highest BCUT2D eigenvalue weighted by atomic mass is 35.5. The molecule has 0 saturated heterocycles. The smallest absolute Gasteiger partial charge is 0.322 e. The lowest BCUT2D eigenvalue weighted by molar-refractivity contribution is -0.116. The van der Waals surface area contributed by atoms with Gasteiger partial charge in [-0.3, -0.25) is 18.7 Å². The number of thiophene rings is 1. The summed E-state index contributed by atoms with van der Waals surface area (Å²) in [6.45, 7) is -0.573. The van der Waals surface area contributed by atoms with Crippen LogP contribution in [-0.2, 0) is 17.9 Å². The summed E-state index contributed by atoms with van der Waals surface area (Å²) < 4.78 is 29.6. The number of carbonyl (C=O) groups excluding carboxylic acids is 1. The molecule has 1 N–H and O–H groups in total. The fourth-order valence-corrected chi connectivity index (χ4v) is 4.19. The molecular formula is C21H14ClF2N3O3S. The van der Waals surface area contributed by atoms with Crippen molar-refractivity contribution in [3.05, 3.63) is 97.0 Å². The molecule has 10 heteroatoms. The third-order valence-corrected chi connectivity index (χ3v) is 5.89. The van der Waals surface area contributed by atoms with Gasteiger partial charge >= 0.3 is 5.69 Å². The van der Waals surface area contributed by atoms with Crippen LogP contribution in [0, 0.1) is 11.6 Å². The minimum atomic E-state index is -0.813. The Balaban J connectivity index is 1.74. The van der Waals surface area contributed by atoms with Crippen molar-refractivity contribution in [2.24, 2.45) is 0 Å². The first kappa shape index (κ1) is 21.0. The quantitative estimate of drug-likeness (QED) is 0.490. The summed E-state index contributed by atoms with van der Waals surface area (Å²) >= 11 is 7.30. The molecule has 1 amide bonds. The number of halogens is 3. The van der Waals surface area contributed by atoms with Crippen molar-refractivity contribution in [1.82, 2.24) is 9.13 Å². The predicted molar refractivity (Wildman–Crippen MR) is 116 cm³/mol. The molecule has 0 radical (unpaired) electrons. The number of amides is 1. The van der Waals surface area contributed by atoms with Crippen LogP contribution in [0.2, 0.25) is 5.02 Å². The van der Waals surface area contributed by atoms with E-state index in [1.54, 1.807) is 35.7 Å². The second-order valence-electron chi connectivity index (χ2n) is 6.66. The fraction of sp³-hybridized carbons (Fsp3) is 0.0952. The van der Waals surface area contributed by atoms with E-state index in [-0.39, 0.29) is 22.4 Å². The molecular weight excluding hydrogens is 448 g/mol. The predicted octanol–water partition coefficient (Wildman–Crippen LogP) is 3.84. The van der Waals surface area contributed by atoms with Crippen molar-refractivity contribution < 1.29 is 13.6 Å². The van der Waals surface area contributed by atoms with Crippen molar-refractivity contribution >= 4 is 44.7 Å². The molecule has 158 valence electrons. The second kappa shape index (κ2) is 8.44. The molecule has 2 aromatic carbocycles. The second-order valence-corrected chi connectivity index (χ2v) is 7.98. The molecule has 31 heavy (non-hydrogen) atoms. The van der Waals surface area contributed by atoms with Crippen molar-refractivity contribution in [3.8, 4) is 0 Å². The van der Waals surface area contributed by atoms with Gasteiger partial charge in [0, 0.05) is 11.1 Å². The van der Waals surface area contributed by atoms with Crippen LogP contribution in [0.4, 0.5) is 14.5 Å². The summed E-state index contributed by atoms with van der Waals surface area (Å²) in [7, 11) is 0. The molecule has 0 bridgehead atoms. The Morgan fingerprint density at radius 3 is 2.61 bits per heavy atom. The Hall–Kier alpha value is -3.30. The van der Waals surface area contributed by atoms with Crippen LogP contribution in [-0.4, -0.2) is 15.0 Å². The Kier molecular flexibility index (Phi) is 5.71. The average molecular weight is 462 g/mol. The van der Waals surface area contributed by atoms with Crippen molar-refractivity contribution in [2.45, 2.75) is 13.1 Å². The lowest BCUT2D eigenvalue weighted by Gasteiger charge is -2.13. The number of nitrogens with one attached hydrogen (secondary N) is 1. The zero-order valence-electron chi connectivity index (χ0n) is 15.8. The van der Waals surface area contributed by atoms with E-state index in [4.69, 9.17) is 11.6 Å². The number of aromatic nitrogens is 2. The first-order valence-corrected chi connectivity index (χ1v) is 10.3. The van der Waals surface area contributed by atoms with Gasteiger partial charge in [-0.15, -0.1) is 11.3 Å². The van der Waals surface area contributed by atoms with Gasteiger partial charge in [-0.25, -0.2) is 13.6 Å². The molecule has 0 aliphatic carbocycles. The van der Waals surface area contributed by atoms with Gasteiger partial charge in [-0.1, -0.05) is 29.8 Å². The van der Waals surface area contributed by atoms with E-state index in [9.17, 15) is 23.2 Å². The van der Waals surface area contributed by atoms with Crippen LogP contribution in [0.15, 0.2) is 63.5 Å². The van der Waals surface area contributed by atoms with Crippen molar-refractivity contribution in [3.63, 3.8) is 0 Å². The van der Waals surface area contributed by atoms with Gasteiger partial charge in [0.25, 0.3) is 5.56 Å². The molecule has 0 atom stereocenters. The van der Waals surface area contributed by atoms with Crippen LogP contribution in [0.25, 0.3) is 10.2 Å². The molecule has 0 aliphatic rings. The van der Waals surface area contributed by atoms with E-state index in [0.29, 0.717) is 10.6 Å². The Morgan fingerprint density at radius 1 is 1.06 bits per heavy atom. The Labute approximate surface area is 182 Å². The normalized spacial score (nSPS) is 11.1. The lowest BCUT2D eigenvalue weighted by atomic mass is 10.2. The largest absolute Gasteiger partial charge is 0.332 e. The van der Waals surface area contributed by atoms with Crippen molar-refractivity contribution in [1.29, 1.82) is 0 Å². The molecule has 2 heterocycles. The van der Waals surface area contributed by atoms with Crippen LogP contribution in [0.1, 0.15) is 5.56 Å². The number of hydrogen-bond donors (Lipinski definition) is 1. The number of hydrogen-bond acceptors (Lipinski definition) is 4. The molecule has 0 spiro atoms. The number of nitrogens with zero attached hydrogens (tertiary/aromatic N) is 2. The van der Waals surface area contributed by atoms with E-state index >= 15 is 0 Å². The van der Waals surface area contributed by atoms with Gasteiger partial charge in [0.2, 0.25) is 5.91 Å². The molecule has 0 aliphatic heterocycles. The van der Waals surface area contributed by atoms with Gasteiger partial charge in [-0.05, 0) is 35.2 Å². The highest BCUT2D eigenvalue weighted by molar-refractivity contribution is 7.17. The van der Waals surface area contributed by atoms with Gasteiger partial charge in [0.15, 0.2) is 0 Å². The first-order valence-electron chi connectivity index (χ1n) is 9.04. The third kappa shape index (κ3) is 4.14. The lowest BCUT2D eigenvalue weighted by Crippen LogP contribution is -2.41. The first-order chi connectivity index (χ1) is 14.8. The minimum Gasteiger partial charge on any atom is -0.322 e. The monoisotopic (exact) mass is 461 g/mol. The molecule has 6 nitrogen and oxygen atoms in total. The summed E-state index contributed by atoms with van der Waals surface area (Å²) in [5, 5.41) is 4.28. The SMILES string of the molecule is O=C(Cn1c(=O)n(Cc2ccccc2Cl)c(=O)c2sccc21)Nc1cc(F)ccc1F. The van der Waals surface area contributed by atoms with Gasteiger partial charge < -0.3 is 5.32 Å². The van der Waals surface area contributed by atoms with Crippen molar-refractivity contribution in [2.75, 3.05) is 5.32 Å². The van der Waals surface area contributed by atoms with Gasteiger partial charge in [0.05, 0.1) is 17.7 Å². The summed E-state index contributed by atoms with van der Waals surface area (Å²) in [4.78, 5) is 38.5. The number of benzene rings is 2. The maximum absolute atomic E-state index is 13.8. The molecule has 0 saturated carbocycles. The average Bonchev–Trinajstić information content (AvgIpc) is 3.22. The van der Waals surface area contributed by atoms with Crippen LogP contribution in [0.3, 0.4) is 0 Å². The van der Waals surface area contributed by atoms with Crippen LogP contribution >= 0.6 is 22.9 Å². The minimum absolute atomic E-state index is 0.0781. The third-order valence-electron chi connectivity index (χ3n) is 4.63. The number of anilines is 1. The van der Waals surface area contributed by atoms with E-state index in [0.717, 1.165) is 38.7 Å². The molecule has 4 aromatic rings. The zero-order chi connectivity index (χ0) is 22.1. The van der Waals surface area contributed by atoms with Gasteiger partial charge in [-0.2, -0.15) is 0 Å². The summed E-state index contributed by atoms with van der Waals surface area (Å²) in [6, 6.07) is 11.0. The molecule has 0 unspecified atom stereocenters. The summed E-state index contributed by atoms with van der Waals surface area (Å²) in [5.41, 5.74) is -0.709. The van der Waals surface area contributed by atoms with Gasteiger partial charge in [0.1, 0.15) is 22.9 Å². The van der Waals surface area contributed by atoms with Crippen LogP contribution in [0.5, 0.6) is 0 Å². The van der Waals surface area contributed by atoms with E-state index in [2.05, 4.69) is 5.32 Å². The topological polar surface area (TPSA) is 73.1 Å². The summed E-state index contributed by atoms with van der Waals surface area (Å²) in [5.74, 6) is -2.28. The Morgan fingerprint density at radius 2 is 1.84 bits per heavy atom. The van der Waals surface area contributed by atoms with Crippen LogP contribution < -0.4 is 16.6 Å². The molecule has 4 rings (SSSR count).